The average Bonchev–Trinajstić information content (AvgIpc) is 2.41. The topological polar surface area (TPSA) is 57.6 Å². The lowest BCUT2D eigenvalue weighted by atomic mass is 9.82. The van der Waals surface area contributed by atoms with Crippen LogP contribution in [0.5, 0.6) is 0 Å². The molecule has 0 radical (unpaired) electrons. The van der Waals surface area contributed by atoms with Gasteiger partial charge in [-0.25, -0.2) is 4.39 Å². The Hall–Kier alpha value is -1.91. The van der Waals surface area contributed by atoms with Crippen LogP contribution in [0.15, 0.2) is 18.2 Å². The van der Waals surface area contributed by atoms with E-state index in [0.29, 0.717) is 30.5 Å². The maximum atomic E-state index is 13.5. The fraction of sp³-hybridized carbons (Fsp3) is 0.467. The molecule has 1 atom stereocenters. The first-order valence-electron chi connectivity index (χ1n) is 6.63. The number of carboxylic acids is 1. The number of likely N-dealkylation sites (tertiary alicyclic amines) is 1. The third kappa shape index (κ3) is 2.53. The van der Waals surface area contributed by atoms with Gasteiger partial charge in [0.2, 0.25) is 0 Å². The minimum atomic E-state index is -0.921. The van der Waals surface area contributed by atoms with Crippen molar-refractivity contribution in [2.75, 3.05) is 13.1 Å². The molecular weight excluding hydrogens is 261 g/mol. The zero-order chi connectivity index (χ0) is 14.9. The summed E-state index contributed by atoms with van der Waals surface area (Å²) in [5.41, 5.74) is -0.311. The minimum absolute atomic E-state index is 0.164. The molecule has 1 aromatic rings. The quantitative estimate of drug-likeness (QED) is 0.904. The van der Waals surface area contributed by atoms with Gasteiger partial charge in [-0.1, -0.05) is 6.07 Å². The number of piperidine rings is 1. The Balaban J connectivity index is 2.25. The first-order chi connectivity index (χ1) is 9.35. The molecule has 1 fully saturated rings. The summed E-state index contributed by atoms with van der Waals surface area (Å²) in [4.78, 5) is 25.3. The van der Waals surface area contributed by atoms with E-state index in [-0.39, 0.29) is 12.5 Å². The summed E-state index contributed by atoms with van der Waals surface area (Å²) < 4.78 is 13.5. The number of carboxylic acid groups (broad SMARTS) is 1. The van der Waals surface area contributed by atoms with Crippen molar-refractivity contribution in [2.45, 2.75) is 26.7 Å². The highest BCUT2D eigenvalue weighted by Gasteiger charge is 2.39. The molecule has 0 aromatic heterocycles. The highest BCUT2D eigenvalue weighted by atomic mass is 19.1. The van der Waals surface area contributed by atoms with Crippen LogP contribution in [0.2, 0.25) is 0 Å². The first kappa shape index (κ1) is 14.5. The van der Waals surface area contributed by atoms with Crippen LogP contribution < -0.4 is 0 Å². The monoisotopic (exact) mass is 279 g/mol. The van der Waals surface area contributed by atoms with Crippen molar-refractivity contribution in [1.82, 2.24) is 4.90 Å². The van der Waals surface area contributed by atoms with E-state index in [0.717, 1.165) is 0 Å². The Kier molecular flexibility index (Phi) is 3.79. The third-order valence-electron chi connectivity index (χ3n) is 4.00. The summed E-state index contributed by atoms with van der Waals surface area (Å²) in [7, 11) is 0. The molecule has 0 aliphatic carbocycles. The van der Waals surface area contributed by atoms with Crippen molar-refractivity contribution < 1.29 is 19.1 Å². The molecule has 1 N–H and O–H groups in total. The molecule has 1 amide bonds. The van der Waals surface area contributed by atoms with Gasteiger partial charge in [0.05, 0.1) is 5.41 Å². The Morgan fingerprint density at radius 3 is 2.75 bits per heavy atom. The maximum absolute atomic E-state index is 13.5. The lowest BCUT2D eigenvalue weighted by molar-refractivity contribution is -0.150. The Bertz CT molecular complexity index is 558. The van der Waals surface area contributed by atoms with Gasteiger partial charge in [0.25, 0.3) is 5.91 Å². The van der Waals surface area contributed by atoms with E-state index in [1.54, 1.807) is 19.9 Å². The standard InChI is InChI=1S/C15H18FNO3/c1-10-11(5-3-6-12(10)16)13(18)17-8-4-7-15(2,9-17)14(19)20/h3,5-6H,4,7-9H2,1-2H3,(H,19,20). The van der Waals surface area contributed by atoms with E-state index in [1.165, 1.54) is 17.0 Å². The van der Waals surface area contributed by atoms with Crippen molar-refractivity contribution in [3.05, 3.63) is 35.1 Å². The molecule has 0 bridgehead atoms. The Morgan fingerprint density at radius 2 is 2.10 bits per heavy atom. The first-order valence-corrected chi connectivity index (χ1v) is 6.63. The maximum Gasteiger partial charge on any atom is 0.311 e. The molecule has 1 aliphatic heterocycles. The lowest BCUT2D eigenvalue weighted by Gasteiger charge is -2.37. The largest absolute Gasteiger partial charge is 0.481 e. The van der Waals surface area contributed by atoms with Crippen LogP contribution in [0.4, 0.5) is 4.39 Å². The molecule has 4 nitrogen and oxygen atoms in total. The van der Waals surface area contributed by atoms with Gasteiger partial charge in [0, 0.05) is 18.7 Å². The normalized spacial score (nSPS) is 22.6. The Labute approximate surface area is 117 Å². The number of benzene rings is 1. The second-order valence-corrected chi connectivity index (χ2v) is 5.61. The van der Waals surface area contributed by atoms with Crippen LogP contribution in [0.1, 0.15) is 35.7 Å². The molecule has 0 saturated carbocycles. The van der Waals surface area contributed by atoms with Gasteiger partial charge in [0.1, 0.15) is 5.82 Å². The number of rotatable bonds is 2. The minimum Gasteiger partial charge on any atom is -0.481 e. The van der Waals surface area contributed by atoms with Gasteiger partial charge in [-0.2, -0.15) is 0 Å². The summed E-state index contributed by atoms with van der Waals surface area (Å²) in [6, 6.07) is 4.38. The molecule has 108 valence electrons. The molecule has 2 rings (SSSR count). The fourth-order valence-electron chi connectivity index (χ4n) is 2.60. The molecule has 1 saturated heterocycles. The van der Waals surface area contributed by atoms with Gasteiger partial charge >= 0.3 is 5.97 Å². The zero-order valence-electron chi connectivity index (χ0n) is 11.6. The number of carbonyl (C=O) groups is 2. The van der Waals surface area contributed by atoms with E-state index < -0.39 is 17.2 Å². The SMILES string of the molecule is Cc1c(F)cccc1C(=O)N1CCCC(C)(C(=O)O)C1. The summed E-state index contributed by atoms with van der Waals surface area (Å²) in [6.45, 7) is 3.88. The van der Waals surface area contributed by atoms with Crippen LogP contribution in [-0.4, -0.2) is 35.0 Å². The van der Waals surface area contributed by atoms with Crippen LogP contribution in [0.25, 0.3) is 0 Å². The Morgan fingerprint density at radius 1 is 1.40 bits per heavy atom. The predicted octanol–water partition coefficient (Wildman–Crippen LogP) is 2.46. The fourth-order valence-corrected chi connectivity index (χ4v) is 2.60. The average molecular weight is 279 g/mol. The number of hydrogen-bond donors (Lipinski definition) is 1. The van der Waals surface area contributed by atoms with Gasteiger partial charge in [-0.3, -0.25) is 9.59 Å². The number of amides is 1. The third-order valence-corrected chi connectivity index (χ3v) is 4.00. The van der Waals surface area contributed by atoms with Crippen molar-refractivity contribution in [2.24, 2.45) is 5.41 Å². The second kappa shape index (κ2) is 5.23. The van der Waals surface area contributed by atoms with E-state index >= 15 is 0 Å². The number of aliphatic carboxylic acids is 1. The van der Waals surface area contributed by atoms with Crippen molar-refractivity contribution in [3.63, 3.8) is 0 Å². The molecule has 1 aliphatic rings. The van der Waals surface area contributed by atoms with Gasteiger partial charge in [-0.15, -0.1) is 0 Å². The number of nitrogens with zero attached hydrogens (tertiary/aromatic N) is 1. The smallest absolute Gasteiger partial charge is 0.311 e. The van der Waals surface area contributed by atoms with Gasteiger partial charge in [0.15, 0.2) is 0 Å². The summed E-state index contributed by atoms with van der Waals surface area (Å²) in [6.07, 6.45) is 1.19. The van der Waals surface area contributed by atoms with Gasteiger partial charge in [-0.05, 0) is 44.4 Å². The predicted molar refractivity (Wildman–Crippen MR) is 72.0 cm³/mol. The molecule has 1 unspecified atom stereocenters. The van der Waals surface area contributed by atoms with Crippen LogP contribution in [-0.2, 0) is 4.79 Å². The lowest BCUT2D eigenvalue weighted by Crippen LogP contribution is -2.48. The number of halogens is 1. The molecular formula is C15H18FNO3. The van der Waals surface area contributed by atoms with Crippen LogP contribution >= 0.6 is 0 Å². The highest BCUT2D eigenvalue weighted by molar-refractivity contribution is 5.96. The summed E-state index contributed by atoms with van der Waals surface area (Å²) >= 11 is 0. The highest BCUT2D eigenvalue weighted by Crippen LogP contribution is 2.30. The zero-order valence-corrected chi connectivity index (χ0v) is 11.6. The van der Waals surface area contributed by atoms with E-state index in [1.807, 2.05) is 0 Å². The molecule has 1 aromatic carbocycles. The van der Waals surface area contributed by atoms with E-state index in [2.05, 4.69) is 0 Å². The molecule has 5 heteroatoms. The van der Waals surface area contributed by atoms with Crippen molar-refractivity contribution in [3.8, 4) is 0 Å². The molecule has 1 heterocycles. The van der Waals surface area contributed by atoms with Crippen molar-refractivity contribution in [1.29, 1.82) is 0 Å². The van der Waals surface area contributed by atoms with Crippen LogP contribution in [0, 0.1) is 18.2 Å². The molecule has 20 heavy (non-hydrogen) atoms. The van der Waals surface area contributed by atoms with Gasteiger partial charge < -0.3 is 10.0 Å². The van der Waals surface area contributed by atoms with Crippen LogP contribution in [0.3, 0.4) is 0 Å². The molecule has 0 spiro atoms. The second-order valence-electron chi connectivity index (χ2n) is 5.61. The van der Waals surface area contributed by atoms with Crippen molar-refractivity contribution >= 4 is 11.9 Å². The number of hydrogen-bond acceptors (Lipinski definition) is 2. The summed E-state index contributed by atoms with van der Waals surface area (Å²) in [5.74, 6) is -1.62. The van der Waals surface area contributed by atoms with E-state index in [4.69, 9.17) is 0 Å². The summed E-state index contributed by atoms with van der Waals surface area (Å²) in [5, 5.41) is 9.27. The number of carbonyl (C=O) groups excluding carboxylic acids is 1. The van der Waals surface area contributed by atoms with E-state index in [9.17, 15) is 19.1 Å².